The van der Waals surface area contributed by atoms with E-state index in [4.69, 9.17) is 4.74 Å². The van der Waals surface area contributed by atoms with Crippen LogP contribution in [0.4, 0.5) is 14.9 Å². The number of nitrogens with one attached hydrogen (secondary N) is 1. The van der Waals surface area contributed by atoms with Crippen molar-refractivity contribution < 1.29 is 13.9 Å². The Morgan fingerprint density at radius 3 is 2.87 bits per heavy atom. The second-order valence-electron chi connectivity index (χ2n) is 6.41. The van der Waals surface area contributed by atoms with Gasteiger partial charge in [-0.25, -0.2) is 9.18 Å². The van der Waals surface area contributed by atoms with Gasteiger partial charge in [-0.15, -0.1) is 0 Å². The molecule has 0 unspecified atom stereocenters. The molecule has 2 aliphatic heterocycles. The van der Waals surface area contributed by atoms with E-state index >= 15 is 0 Å². The minimum absolute atomic E-state index is 0.0968. The van der Waals surface area contributed by atoms with E-state index in [1.54, 1.807) is 19.1 Å². The van der Waals surface area contributed by atoms with Gasteiger partial charge in [-0.3, -0.25) is 4.90 Å². The fraction of sp³-hybridized carbons (Fsp3) is 0.588. The maximum absolute atomic E-state index is 13.3. The molecule has 1 atom stereocenters. The summed E-state index contributed by atoms with van der Waals surface area (Å²) in [6.07, 6.45) is 1.03. The van der Waals surface area contributed by atoms with Crippen molar-refractivity contribution in [2.45, 2.75) is 13.3 Å². The average Bonchev–Trinajstić information content (AvgIpc) is 3.00. The highest BCUT2D eigenvalue weighted by Crippen LogP contribution is 2.20. The first-order chi connectivity index (χ1) is 11.1. The van der Waals surface area contributed by atoms with Crippen molar-refractivity contribution in [3.63, 3.8) is 0 Å². The summed E-state index contributed by atoms with van der Waals surface area (Å²) in [5.41, 5.74) is 1.18. The lowest BCUT2D eigenvalue weighted by Crippen LogP contribution is -2.40. The van der Waals surface area contributed by atoms with E-state index in [1.165, 1.54) is 6.07 Å². The summed E-state index contributed by atoms with van der Waals surface area (Å²) in [7, 11) is 0. The first kappa shape index (κ1) is 16.2. The van der Waals surface area contributed by atoms with Crippen LogP contribution >= 0.6 is 0 Å². The van der Waals surface area contributed by atoms with Gasteiger partial charge in [0.25, 0.3) is 0 Å². The van der Waals surface area contributed by atoms with Gasteiger partial charge >= 0.3 is 6.03 Å². The number of anilines is 1. The minimum Gasteiger partial charge on any atom is -0.379 e. The molecule has 2 aliphatic rings. The van der Waals surface area contributed by atoms with Crippen molar-refractivity contribution >= 4 is 11.7 Å². The van der Waals surface area contributed by atoms with Crippen LogP contribution in [0.1, 0.15) is 12.0 Å². The van der Waals surface area contributed by atoms with Crippen LogP contribution in [-0.4, -0.2) is 61.8 Å². The van der Waals surface area contributed by atoms with Gasteiger partial charge in [0.05, 0.1) is 13.2 Å². The third kappa shape index (κ3) is 4.20. The number of amides is 2. The van der Waals surface area contributed by atoms with Crippen molar-refractivity contribution in [2.75, 3.05) is 51.3 Å². The lowest BCUT2D eigenvalue weighted by Gasteiger charge is -2.29. The number of benzene rings is 1. The highest BCUT2D eigenvalue weighted by atomic mass is 19.1. The third-order valence-electron chi connectivity index (χ3n) is 4.60. The Morgan fingerprint density at radius 2 is 2.13 bits per heavy atom. The summed E-state index contributed by atoms with van der Waals surface area (Å²) < 4.78 is 18.6. The molecular weight excluding hydrogens is 297 g/mol. The number of carbonyl (C=O) groups excluding carboxylic acids is 1. The smallest absolute Gasteiger partial charge is 0.321 e. The third-order valence-corrected chi connectivity index (χ3v) is 4.60. The SMILES string of the molecule is Cc1cc(NC(=O)N2CC[C@@H](CN3CCOCC3)C2)ccc1F. The Morgan fingerprint density at radius 1 is 1.35 bits per heavy atom. The summed E-state index contributed by atoms with van der Waals surface area (Å²) in [5.74, 6) is 0.267. The van der Waals surface area contributed by atoms with Crippen LogP contribution in [0.3, 0.4) is 0 Å². The Hall–Kier alpha value is -1.66. The van der Waals surface area contributed by atoms with Crippen LogP contribution in [0.2, 0.25) is 0 Å². The van der Waals surface area contributed by atoms with Crippen LogP contribution in [0.5, 0.6) is 0 Å². The molecule has 0 spiro atoms. The van der Waals surface area contributed by atoms with Crippen molar-refractivity contribution in [3.8, 4) is 0 Å². The van der Waals surface area contributed by atoms with Gasteiger partial charge in [-0.2, -0.15) is 0 Å². The van der Waals surface area contributed by atoms with Crippen molar-refractivity contribution in [1.29, 1.82) is 0 Å². The number of nitrogens with zero attached hydrogens (tertiary/aromatic N) is 2. The summed E-state index contributed by atoms with van der Waals surface area (Å²) in [4.78, 5) is 16.6. The number of ether oxygens (including phenoxy) is 1. The van der Waals surface area contributed by atoms with E-state index in [2.05, 4.69) is 10.2 Å². The van der Waals surface area contributed by atoms with E-state index in [0.717, 1.165) is 52.4 Å². The predicted octanol–water partition coefficient (Wildman–Crippen LogP) is 2.32. The fourth-order valence-electron chi connectivity index (χ4n) is 3.24. The number of carbonyl (C=O) groups is 1. The van der Waals surface area contributed by atoms with Gasteiger partial charge in [0.1, 0.15) is 5.82 Å². The summed E-state index contributed by atoms with van der Waals surface area (Å²) in [6.45, 7) is 7.86. The molecule has 3 rings (SSSR count). The maximum Gasteiger partial charge on any atom is 0.321 e. The van der Waals surface area contributed by atoms with Gasteiger partial charge in [0, 0.05) is 38.4 Å². The van der Waals surface area contributed by atoms with Crippen LogP contribution < -0.4 is 5.32 Å². The molecule has 23 heavy (non-hydrogen) atoms. The molecule has 2 heterocycles. The Kier molecular flexibility index (Phi) is 5.13. The molecule has 2 fully saturated rings. The normalized spacial score (nSPS) is 22.3. The number of aryl methyl sites for hydroxylation is 1. The second-order valence-corrected chi connectivity index (χ2v) is 6.41. The second kappa shape index (κ2) is 7.27. The van der Waals surface area contributed by atoms with Crippen molar-refractivity contribution in [3.05, 3.63) is 29.6 Å². The molecule has 2 saturated heterocycles. The molecular formula is C17H24FN3O2. The van der Waals surface area contributed by atoms with Crippen LogP contribution in [0.25, 0.3) is 0 Å². The number of urea groups is 1. The maximum atomic E-state index is 13.3. The monoisotopic (exact) mass is 321 g/mol. The zero-order valence-corrected chi connectivity index (χ0v) is 13.6. The predicted molar refractivity (Wildman–Crippen MR) is 87.1 cm³/mol. The molecule has 2 amide bonds. The Balaban J connectivity index is 1.49. The molecule has 0 aromatic heterocycles. The van der Waals surface area contributed by atoms with Crippen LogP contribution in [0.15, 0.2) is 18.2 Å². The van der Waals surface area contributed by atoms with E-state index in [-0.39, 0.29) is 11.8 Å². The average molecular weight is 321 g/mol. The highest BCUT2D eigenvalue weighted by molar-refractivity contribution is 5.89. The molecule has 1 aromatic carbocycles. The van der Waals surface area contributed by atoms with Crippen LogP contribution in [-0.2, 0) is 4.74 Å². The van der Waals surface area contributed by atoms with E-state index in [1.807, 2.05) is 4.90 Å². The van der Waals surface area contributed by atoms with Crippen molar-refractivity contribution in [2.24, 2.45) is 5.92 Å². The molecule has 1 aromatic rings. The molecule has 0 radical (unpaired) electrons. The fourth-order valence-corrected chi connectivity index (χ4v) is 3.24. The lowest BCUT2D eigenvalue weighted by molar-refractivity contribution is 0.0314. The van der Waals surface area contributed by atoms with Gasteiger partial charge in [-0.1, -0.05) is 0 Å². The summed E-state index contributed by atoms with van der Waals surface area (Å²) in [6, 6.07) is 4.55. The molecule has 0 aliphatic carbocycles. The van der Waals surface area contributed by atoms with Gasteiger partial charge in [0.2, 0.25) is 0 Å². The van der Waals surface area contributed by atoms with Gasteiger partial charge < -0.3 is 15.0 Å². The summed E-state index contributed by atoms with van der Waals surface area (Å²) in [5, 5.41) is 2.86. The largest absolute Gasteiger partial charge is 0.379 e. The molecule has 0 saturated carbocycles. The quantitative estimate of drug-likeness (QED) is 0.929. The minimum atomic E-state index is -0.255. The molecule has 5 nitrogen and oxygen atoms in total. The molecule has 126 valence electrons. The van der Waals surface area contributed by atoms with E-state index in [9.17, 15) is 9.18 Å². The number of likely N-dealkylation sites (tertiary alicyclic amines) is 1. The Labute approximate surface area is 136 Å². The standard InChI is InChI=1S/C17H24FN3O2/c1-13-10-15(2-3-16(13)18)19-17(22)21-5-4-14(12-21)11-20-6-8-23-9-7-20/h2-3,10,14H,4-9,11-12H2,1H3,(H,19,22)/t14-/m0/s1. The Bertz CT molecular complexity index is 561. The van der Waals surface area contributed by atoms with E-state index in [0.29, 0.717) is 17.2 Å². The van der Waals surface area contributed by atoms with Gasteiger partial charge in [0.15, 0.2) is 0 Å². The number of hydrogen-bond acceptors (Lipinski definition) is 3. The molecule has 1 N–H and O–H groups in total. The molecule has 6 heteroatoms. The zero-order valence-electron chi connectivity index (χ0n) is 13.6. The summed E-state index contributed by atoms with van der Waals surface area (Å²) >= 11 is 0. The first-order valence-electron chi connectivity index (χ1n) is 8.24. The number of rotatable bonds is 3. The number of halogens is 1. The van der Waals surface area contributed by atoms with Crippen molar-refractivity contribution in [1.82, 2.24) is 9.80 Å². The number of hydrogen-bond donors (Lipinski definition) is 1. The topological polar surface area (TPSA) is 44.8 Å². The van der Waals surface area contributed by atoms with Gasteiger partial charge in [-0.05, 0) is 43.0 Å². The van der Waals surface area contributed by atoms with Crippen LogP contribution in [0, 0.1) is 18.7 Å². The van der Waals surface area contributed by atoms with E-state index < -0.39 is 0 Å². The molecule has 0 bridgehead atoms. The lowest BCUT2D eigenvalue weighted by atomic mass is 10.1. The zero-order chi connectivity index (χ0) is 16.2. The first-order valence-corrected chi connectivity index (χ1v) is 8.24. The highest BCUT2D eigenvalue weighted by Gasteiger charge is 2.28. The number of morpholine rings is 1.